The van der Waals surface area contributed by atoms with Gasteiger partial charge in [0.1, 0.15) is 0 Å². The number of likely N-dealkylation sites (N-methyl/N-ethyl adjacent to an activating group) is 1. The molecule has 2 rings (SSSR count). The van der Waals surface area contributed by atoms with Gasteiger partial charge in [0, 0.05) is 25.3 Å². The SMILES string of the molecule is CN1CCC(CN(C)CC(O)c2ccc(N)cc2)C1. The smallest absolute Gasteiger partial charge is 0.0916 e. The molecule has 1 fully saturated rings. The number of nitrogens with zero attached hydrogens (tertiary/aromatic N) is 2. The minimum absolute atomic E-state index is 0.440. The van der Waals surface area contributed by atoms with Crippen LogP contribution in [0.2, 0.25) is 0 Å². The molecule has 2 atom stereocenters. The summed E-state index contributed by atoms with van der Waals surface area (Å²) in [7, 11) is 4.25. The number of aliphatic hydroxyl groups excluding tert-OH is 1. The summed E-state index contributed by atoms with van der Waals surface area (Å²) in [6.45, 7) is 4.09. The van der Waals surface area contributed by atoms with Gasteiger partial charge >= 0.3 is 0 Å². The van der Waals surface area contributed by atoms with Crippen molar-refractivity contribution in [3.63, 3.8) is 0 Å². The van der Waals surface area contributed by atoms with Crippen LogP contribution in [0.1, 0.15) is 18.1 Å². The average molecular weight is 263 g/mol. The fourth-order valence-corrected chi connectivity index (χ4v) is 2.81. The lowest BCUT2D eigenvalue weighted by molar-refractivity contribution is 0.119. The number of hydrogen-bond acceptors (Lipinski definition) is 4. The summed E-state index contributed by atoms with van der Waals surface area (Å²) in [6.07, 6.45) is 0.823. The number of benzene rings is 1. The first-order chi connectivity index (χ1) is 9.04. The zero-order valence-corrected chi connectivity index (χ0v) is 11.9. The second kappa shape index (κ2) is 6.37. The lowest BCUT2D eigenvalue weighted by atomic mass is 10.1. The van der Waals surface area contributed by atoms with Gasteiger partial charge in [-0.2, -0.15) is 0 Å². The van der Waals surface area contributed by atoms with Gasteiger partial charge in [-0.15, -0.1) is 0 Å². The van der Waals surface area contributed by atoms with Crippen molar-refractivity contribution >= 4 is 5.69 Å². The minimum atomic E-state index is -0.440. The van der Waals surface area contributed by atoms with Gasteiger partial charge in [0.25, 0.3) is 0 Å². The van der Waals surface area contributed by atoms with Gasteiger partial charge in [0.2, 0.25) is 0 Å². The molecule has 1 heterocycles. The van der Waals surface area contributed by atoms with Crippen molar-refractivity contribution in [2.24, 2.45) is 5.92 Å². The zero-order valence-electron chi connectivity index (χ0n) is 11.9. The van der Waals surface area contributed by atoms with E-state index in [0.717, 1.165) is 23.7 Å². The summed E-state index contributed by atoms with van der Waals surface area (Å²) >= 11 is 0. The molecule has 0 spiro atoms. The van der Waals surface area contributed by atoms with E-state index in [-0.39, 0.29) is 0 Å². The maximum Gasteiger partial charge on any atom is 0.0916 e. The zero-order chi connectivity index (χ0) is 13.8. The molecular weight excluding hydrogens is 238 g/mol. The van der Waals surface area contributed by atoms with Crippen LogP contribution in [-0.4, -0.2) is 55.2 Å². The fraction of sp³-hybridized carbons (Fsp3) is 0.600. The fourth-order valence-electron chi connectivity index (χ4n) is 2.81. The van der Waals surface area contributed by atoms with Gasteiger partial charge in [0.15, 0.2) is 0 Å². The summed E-state index contributed by atoms with van der Waals surface area (Å²) in [5.74, 6) is 0.730. The third-order valence-corrected chi connectivity index (χ3v) is 3.86. The van der Waals surface area contributed by atoms with Crippen molar-refractivity contribution in [3.05, 3.63) is 29.8 Å². The molecular formula is C15H25N3O. The van der Waals surface area contributed by atoms with Crippen LogP contribution in [0, 0.1) is 5.92 Å². The second-order valence-electron chi connectivity index (χ2n) is 5.82. The largest absolute Gasteiger partial charge is 0.399 e. The van der Waals surface area contributed by atoms with E-state index < -0.39 is 6.10 Å². The Morgan fingerprint density at radius 3 is 2.68 bits per heavy atom. The number of hydrogen-bond donors (Lipinski definition) is 2. The van der Waals surface area contributed by atoms with Gasteiger partial charge in [-0.25, -0.2) is 0 Å². The highest BCUT2D eigenvalue weighted by Gasteiger charge is 2.21. The highest BCUT2D eigenvalue weighted by molar-refractivity contribution is 5.39. The molecule has 1 saturated heterocycles. The third kappa shape index (κ3) is 4.20. The van der Waals surface area contributed by atoms with E-state index in [9.17, 15) is 5.11 Å². The van der Waals surface area contributed by atoms with Crippen molar-refractivity contribution in [1.82, 2.24) is 9.80 Å². The van der Waals surface area contributed by atoms with E-state index in [4.69, 9.17) is 5.73 Å². The Balaban J connectivity index is 1.81. The number of rotatable bonds is 5. The van der Waals surface area contributed by atoms with Crippen LogP contribution in [0.15, 0.2) is 24.3 Å². The molecule has 1 aromatic carbocycles. The maximum atomic E-state index is 10.2. The number of nitrogen functional groups attached to an aromatic ring is 1. The topological polar surface area (TPSA) is 52.7 Å². The monoisotopic (exact) mass is 263 g/mol. The van der Waals surface area contributed by atoms with Crippen molar-refractivity contribution in [1.29, 1.82) is 0 Å². The lowest BCUT2D eigenvalue weighted by Gasteiger charge is -2.23. The molecule has 0 amide bonds. The first-order valence-corrected chi connectivity index (χ1v) is 6.95. The highest BCUT2D eigenvalue weighted by atomic mass is 16.3. The first kappa shape index (κ1) is 14.3. The lowest BCUT2D eigenvalue weighted by Crippen LogP contribution is -2.31. The second-order valence-corrected chi connectivity index (χ2v) is 5.82. The van der Waals surface area contributed by atoms with Gasteiger partial charge in [-0.1, -0.05) is 12.1 Å². The molecule has 0 aromatic heterocycles. The Kier molecular flexibility index (Phi) is 4.80. The van der Waals surface area contributed by atoms with Crippen LogP contribution in [0.3, 0.4) is 0 Å². The van der Waals surface area contributed by atoms with Crippen LogP contribution in [0.5, 0.6) is 0 Å². The van der Waals surface area contributed by atoms with E-state index >= 15 is 0 Å². The molecule has 4 heteroatoms. The molecule has 19 heavy (non-hydrogen) atoms. The molecule has 1 aromatic rings. The standard InChI is InChI=1S/C15H25N3O/c1-17-8-7-12(9-17)10-18(2)11-15(19)13-3-5-14(16)6-4-13/h3-6,12,15,19H,7-11,16H2,1-2H3. The molecule has 3 N–H and O–H groups in total. The van der Waals surface area contributed by atoms with E-state index in [2.05, 4.69) is 23.9 Å². The van der Waals surface area contributed by atoms with E-state index in [1.807, 2.05) is 24.3 Å². The molecule has 2 unspecified atom stereocenters. The molecule has 106 valence electrons. The number of aliphatic hydroxyl groups is 1. The highest BCUT2D eigenvalue weighted by Crippen LogP contribution is 2.18. The summed E-state index contributed by atoms with van der Waals surface area (Å²) in [4.78, 5) is 4.60. The van der Waals surface area contributed by atoms with Crippen LogP contribution >= 0.6 is 0 Å². The maximum absolute atomic E-state index is 10.2. The van der Waals surface area contributed by atoms with E-state index in [1.54, 1.807) is 0 Å². The Morgan fingerprint density at radius 1 is 1.42 bits per heavy atom. The summed E-state index contributed by atoms with van der Waals surface area (Å²) in [5, 5.41) is 10.2. The van der Waals surface area contributed by atoms with E-state index in [1.165, 1.54) is 19.5 Å². The van der Waals surface area contributed by atoms with Gasteiger partial charge in [-0.05, 0) is 50.7 Å². The van der Waals surface area contributed by atoms with Crippen molar-refractivity contribution in [3.8, 4) is 0 Å². The molecule has 1 aliphatic heterocycles. The van der Waals surface area contributed by atoms with Crippen molar-refractivity contribution in [2.75, 3.05) is 46.0 Å². The Labute approximate surface area is 115 Å². The molecule has 0 bridgehead atoms. The summed E-state index contributed by atoms with van der Waals surface area (Å²) < 4.78 is 0. The minimum Gasteiger partial charge on any atom is -0.399 e. The van der Waals surface area contributed by atoms with E-state index in [0.29, 0.717) is 6.54 Å². The average Bonchev–Trinajstić information content (AvgIpc) is 2.75. The molecule has 0 radical (unpaired) electrons. The van der Waals surface area contributed by atoms with Crippen molar-refractivity contribution in [2.45, 2.75) is 12.5 Å². The Bertz CT molecular complexity index is 393. The number of nitrogens with two attached hydrogens (primary N) is 1. The quantitative estimate of drug-likeness (QED) is 0.784. The molecule has 1 aliphatic rings. The Morgan fingerprint density at radius 2 is 2.11 bits per heavy atom. The summed E-state index contributed by atoms with van der Waals surface area (Å²) in [6, 6.07) is 7.48. The molecule has 0 aliphatic carbocycles. The van der Waals surface area contributed by atoms with Gasteiger partial charge in [-0.3, -0.25) is 0 Å². The molecule has 4 nitrogen and oxygen atoms in total. The van der Waals surface area contributed by atoms with Crippen LogP contribution < -0.4 is 5.73 Å². The normalized spacial score (nSPS) is 22.0. The van der Waals surface area contributed by atoms with Crippen LogP contribution in [0.4, 0.5) is 5.69 Å². The van der Waals surface area contributed by atoms with Crippen LogP contribution in [-0.2, 0) is 0 Å². The predicted octanol–water partition coefficient (Wildman–Crippen LogP) is 1.19. The number of anilines is 1. The van der Waals surface area contributed by atoms with Gasteiger partial charge in [0.05, 0.1) is 6.10 Å². The molecule has 0 saturated carbocycles. The third-order valence-electron chi connectivity index (χ3n) is 3.86. The first-order valence-electron chi connectivity index (χ1n) is 6.95. The Hall–Kier alpha value is -1.10. The van der Waals surface area contributed by atoms with Gasteiger partial charge < -0.3 is 20.6 Å². The van der Waals surface area contributed by atoms with Crippen molar-refractivity contribution < 1.29 is 5.11 Å². The summed E-state index contributed by atoms with van der Waals surface area (Å²) in [5.41, 5.74) is 7.32. The van der Waals surface area contributed by atoms with Crippen LogP contribution in [0.25, 0.3) is 0 Å². The predicted molar refractivity (Wildman–Crippen MR) is 78.9 cm³/mol. The number of likely N-dealkylation sites (tertiary alicyclic amines) is 1.